The Morgan fingerprint density at radius 2 is 1.83 bits per heavy atom. The Kier molecular flexibility index (Phi) is 5.40. The third-order valence-corrected chi connectivity index (χ3v) is 5.72. The first kappa shape index (κ1) is 19.3. The molecule has 1 fully saturated rings. The monoisotopic (exact) mass is 394 g/mol. The van der Waals surface area contributed by atoms with E-state index in [1.54, 1.807) is 12.1 Å². The number of urea groups is 1. The summed E-state index contributed by atoms with van der Waals surface area (Å²) in [5, 5.41) is 16.1. The van der Waals surface area contributed by atoms with Crippen molar-refractivity contribution < 1.29 is 14.7 Å². The summed E-state index contributed by atoms with van der Waals surface area (Å²) in [6.07, 6.45) is 3.22. The van der Waals surface area contributed by atoms with Crippen molar-refractivity contribution in [3.05, 3.63) is 59.2 Å². The number of hydrogen-bond acceptors (Lipinski definition) is 4. The molecule has 152 valence electrons. The van der Waals surface area contributed by atoms with Gasteiger partial charge in [-0.05, 0) is 48.6 Å². The molecule has 7 nitrogen and oxygen atoms in total. The number of hydrogen-bond donors (Lipinski definition) is 4. The van der Waals surface area contributed by atoms with Gasteiger partial charge in [0.15, 0.2) is 0 Å². The summed E-state index contributed by atoms with van der Waals surface area (Å²) in [5.74, 6) is -0.543. The maximum atomic E-state index is 12.8. The lowest BCUT2D eigenvalue weighted by atomic mass is 10.1. The van der Waals surface area contributed by atoms with Gasteiger partial charge < -0.3 is 26.4 Å². The standard InChI is InChI=1S/C22H26N4O3/c23-21(28)15-8-9-18(26-10-4-1-5-11-26)17(12-15)24-22(29)25-20-16-7-3-2-6-14(16)13-19(20)27/h2-3,6-9,12,19-20,27H,1,4-5,10-11,13H2,(H2,23,28)(H2,24,25,29)/t19-,20+/m0/s1. The molecule has 7 heteroatoms. The molecule has 29 heavy (non-hydrogen) atoms. The molecule has 3 amide bonds. The Labute approximate surface area is 169 Å². The molecular weight excluding hydrogens is 368 g/mol. The summed E-state index contributed by atoms with van der Waals surface area (Å²) in [7, 11) is 0. The maximum absolute atomic E-state index is 12.8. The van der Waals surface area contributed by atoms with Crippen molar-refractivity contribution >= 4 is 23.3 Å². The number of amides is 3. The molecule has 0 bridgehead atoms. The third kappa shape index (κ3) is 4.05. The van der Waals surface area contributed by atoms with E-state index in [1.165, 1.54) is 6.42 Å². The number of nitrogens with two attached hydrogens (primary N) is 1. The number of nitrogens with one attached hydrogen (secondary N) is 2. The second kappa shape index (κ2) is 8.13. The van der Waals surface area contributed by atoms with Crippen LogP contribution in [-0.4, -0.2) is 36.2 Å². The Balaban J connectivity index is 1.55. The average molecular weight is 394 g/mol. The van der Waals surface area contributed by atoms with Crippen molar-refractivity contribution in [3.63, 3.8) is 0 Å². The first-order valence-corrected chi connectivity index (χ1v) is 10.0. The third-order valence-electron chi connectivity index (χ3n) is 5.72. The predicted molar refractivity (Wildman–Crippen MR) is 112 cm³/mol. The van der Waals surface area contributed by atoms with Crippen molar-refractivity contribution in [2.45, 2.75) is 37.8 Å². The molecular formula is C22H26N4O3. The molecule has 1 aliphatic carbocycles. The van der Waals surface area contributed by atoms with Crippen LogP contribution >= 0.6 is 0 Å². The molecule has 2 aromatic rings. The molecule has 0 unspecified atom stereocenters. The summed E-state index contributed by atoms with van der Waals surface area (Å²) < 4.78 is 0. The number of rotatable bonds is 4. The number of benzene rings is 2. The van der Waals surface area contributed by atoms with Gasteiger partial charge in [0.05, 0.1) is 23.5 Å². The van der Waals surface area contributed by atoms with Crippen LogP contribution in [0, 0.1) is 0 Å². The fourth-order valence-corrected chi connectivity index (χ4v) is 4.25. The van der Waals surface area contributed by atoms with E-state index in [9.17, 15) is 14.7 Å². The van der Waals surface area contributed by atoms with Crippen molar-refractivity contribution in [1.82, 2.24) is 5.32 Å². The summed E-state index contributed by atoms with van der Waals surface area (Å²) in [6.45, 7) is 1.81. The maximum Gasteiger partial charge on any atom is 0.319 e. The Morgan fingerprint density at radius 3 is 2.59 bits per heavy atom. The average Bonchev–Trinajstić information content (AvgIpc) is 3.03. The van der Waals surface area contributed by atoms with Gasteiger partial charge in [-0.25, -0.2) is 4.79 Å². The highest BCUT2D eigenvalue weighted by molar-refractivity contribution is 5.99. The zero-order chi connectivity index (χ0) is 20.4. The number of anilines is 2. The zero-order valence-corrected chi connectivity index (χ0v) is 16.2. The second-order valence-electron chi connectivity index (χ2n) is 7.69. The fourth-order valence-electron chi connectivity index (χ4n) is 4.25. The van der Waals surface area contributed by atoms with Gasteiger partial charge in [0.25, 0.3) is 0 Å². The van der Waals surface area contributed by atoms with Crippen molar-refractivity contribution in [2.75, 3.05) is 23.3 Å². The Hall–Kier alpha value is -3.06. The van der Waals surface area contributed by atoms with E-state index in [4.69, 9.17) is 5.73 Å². The smallest absolute Gasteiger partial charge is 0.319 e. The van der Waals surface area contributed by atoms with Crippen LogP contribution in [0.4, 0.5) is 16.2 Å². The highest BCUT2D eigenvalue weighted by Crippen LogP contribution is 2.32. The van der Waals surface area contributed by atoms with E-state index in [0.717, 1.165) is 42.7 Å². The Morgan fingerprint density at radius 1 is 1.07 bits per heavy atom. The number of fused-ring (bicyclic) bond motifs is 1. The second-order valence-corrected chi connectivity index (χ2v) is 7.69. The SMILES string of the molecule is NC(=O)c1ccc(N2CCCCC2)c(NC(=O)N[C@@H]2c3ccccc3C[C@@H]2O)c1. The highest BCUT2D eigenvalue weighted by Gasteiger charge is 2.32. The predicted octanol–water partition coefficient (Wildman–Crippen LogP) is 2.56. The van der Waals surface area contributed by atoms with E-state index in [2.05, 4.69) is 15.5 Å². The van der Waals surface area contributed by atoms with Crippen LogP contribution in [0.2, 0.25) is 0 Å². The molecule has 1 heterocycles. The fraction of sp³-hybridized carbons (Fsp3) is 0.364. The van der Waals surface area contributed by atoms with E-state index >= 15 is 0 Å². The molecule has 0 radical (unpaired) electrons. The van der Waals surface area contributed by atoms with E-state index < -0.39 is 24.1 Å². The first-order chi connectivity index (χ1) is 14.0. The van der Waals surface area contributed by atoms with E-state index in [1.807, 2.05) is 30.3 Å². The van der Waals surface area contributed by atoms with E-state index in [0.29, 0.717) is 17.7 Å². The van der Waals surface area contributed by atoms with Crippen LogP contribution < -0.4 is 21.3 Å². The van der Waals surface area contributed by atoms with Crippen LogP contribution in [0.1, 0.15) is 46.8 Å². The van der Waals surface area contributed by atoms with Gasteiger partial charge in [-0.3, -0.25) is 4.79 Å². The lowest BCUT2D eigenvalue weighted by molar-refractivity contribution is 0.1000. The first-order valence-electron chi connectivity index (χ1n) is 10.0. The number of piperidine rings is 1. The van der Waals surface area contributed by atoms with E-state index in [-0.39, 0.29) is 0 Å². The molecule has 0 spiro atoms. The summed E-state index contributed by atoms with van der Waals surface area (Å²) in [5.41, 5.74) is 9.15. The minimum atomic E-state index is -0.670. The molecule has 4 rings (SSSR count). The lowest BCUT2D eigenvalue weighted by Crippen LogP contribution is -2.37. The quantitative estimate of drug-likeness (QED) is 0.639. The molecule has 0 aromatic heterocycles. The minimum absolute atomic E-state index is 0.340. The van der Waals surface area contributed by atoms with Gasteiger partial charge in [-0.15, -0.1) is 0 Å². The number of aliphatic hydroxyl groups is 1. The summed E-state index contributed by atoms with van der Waals surface area (Å²) in [6, 6.07) is 11.9. The van der Waals surface area contributed by atoms with Gasteiger partial charge in [-0.2, -0.15) is 0 Å². The number of nitrogens with zero attached hydrogens (tertiary/aromatic N) is 1. The van der Waals surface area contributed by atoms with Crippen molar-refractivity contribution in [1.29, 1.82) is 0 Å². The Bertz CT molecular complexity index is 924. The van der Waals surface area contributed by atoms with Gasteiger partial charge >= 0.3 is 6.03 Å². The van der Waals surface area contributed by atoms with Crippen LogP contribution in [-0.2, 0) is 6.42 Å². The summed E-state index contributed by atoms with van der Waals surface area (Å²) >= 11 is 0. The molecule has 5 N–H and O–H groups in total. The lowest BCUT2D eigenvalue weighted by Gasteiger charge is -2.31. The van der Waals surface area contributed by atoms with Crippen LogP contribution in [0.3, 0.4) is 0 Å². The molecule has 2 aliphatic rings. The largest absolute Gasteiger partial charge is 0.390 e. The van der Waals surface area contributed by atoms with Crippen molar-refractivity contribution in [2.24, 2.45) is 5.73 Å². The van der Waals surface area contributed by atoms with Crippen LogP contribution in [0.5, 0.6) is 0 Å². The minimum Gasteiger partial charge on any atom is -0.390 e. The van der Waals surface area contributed by atoms with Crippen LogP contribution in [0.15, 0.2) is 42.5 Å². The number of primary amides is 1. The van der Waals surface area contributed by atoms with Gasteiger partial charge in [-0.1, -0.05) is 24.3 Å². The van der Waals surface area contributed by atoms with Gasteiger partial charge in [0, 0.05) is 25.1 Å². The topological polar surface area (TPSA) is 108 Å². The van der Waals surface area contributed by atoms with Gasteiger partial charge in [0.2, 0.25) is 5.91 Å². The number of carbonyl (C=O) groups is 2. The molecule has 1 saturated heterocycles. The normalized spacial score (nSPS) is 20.8. The number of carbonyl (C=O) groups excluding carboxylic acids is 2. The highest BCUT2D eigenvalue weighted by atomic mass is 16.3. The van der Waals surface area contributed by atoms with Gasteiger partial charge in [0.1, 0.15) is 0 Å². The molecule has 0 saturated carbocycles. The number of aliphatic hydroxyl groups excluding tert-OH is 1. The molecule has 2 aromatic carbocycles. The molecule has 2 atom stereocenters. The van der Waals surface area contributed by atoms with Crippen LogP contribution in [0.25, 0.3) is 0 Å². The summed E-state index contributed by atoms with van der Waals surface area (Å²) in [4.78, 5) is 26.6. The zero-order valence-electron chi connectivity index (χ0n) is 16.2. The van der Waals surface area contributed by atoms with Crippen molar-refractivity contribution in [3.8, 4) is 0 Å². The molecule has 1 aliphatic heterocycles.